The van der Waals surface area contributed by atoms with Crippen molar-refractivity contribution >= 4 is 0 Å². The normalized spacial score (nSPS) is 15.9. The summed E-state index contributed by atoms with van der Waals surface area (Å²) in [5.74, 6) is 1.36. The minimum Gasteiger partial charge on any atom is -0.486 e. The number of nitrogens with two attached hydrogens (primary N) is 1. The molecule has 1 atom stereocenters. The summed E-state index contributed by atoms with van der Waals surface area (Å²) >= 11 is 0. The van der Waals surface area contributed by atoms with Crippen LogP contribution in [0.5, 0.6) is 11.5 Å². The smallest absolute Gasteiger partial charge is 0.164 e. The maximum atomic E-state index is 13.3. The van der Waals surface area contributed by atoms with Crippen molar-refractivity contribution < 1.29 is 13.9 Å². The molecule has 1 aromatic rings. The molecule has 0 spiro atoms. The van der Waals surface area contributed by atoms with Crippen LogP contribution >= 0.6 is 0 Å². The van der Waals surface area contributed by atoms with Gasteiger partial charge < -0.3 is 15.2 Å². The van der Waals surface area contributed by atoms with Crippen LogP contribution in [0.1, 0.15) is 24.2 Å². The molecule has 3 nitrogen and oxygen atoms in total. The van der Waals surface area contributed by atoms with Gasteiger partial charge in [-0.15, -0.1) is 0 Å². The Morgan fingerprint density at radius 2 is 2.12 bits per heavy atom. The molecule has 0 fully saturated rings. The lowest BCUT2D eigenvalue weighted by atomic mass is 10.0. The Morgan fingerprint density at radius 3 is 2.81 bits per heavy atom. The fraction of sp³-hybridized carbons (Fsp3) is 0.500. The first kappa shape index (κ1) is 11.2. The molecule has 88 valence electrons. The molecule has 16 heavy (non-hydrogen) atoms. The summed E-state index contributed by atoms with van der Waals surface area (Å²) in [6, 6.07) is 3.52. The molecule has 1 aliphatic rings. The van der Waals surface area contributed by atoms with Gasteiger partial charge in [0.05, 0.1) is 0 Å². The van der Waals surface area contributed by atoms with E-state index in [1.54, 1.807) is 6.07 Å². The lowest BCUT2D eigenvalue weighted by molar-refractivity contribution is 0.169. The average Bonchev–Trinajstić information content (AvgIpc) is 2.29. The van der Waals surface area contributed by atoms with Gasteiger partial charge in [-0.2, -0.15) is 0 Å². The molecule has 1 heterocycles. The second-order valence-corrected chi connectivity index (χ2v) is 3.86. The van der Waals surface area contributed by atoms with E-state index >= 15 is 0 Å². The van der Waals surface area contributed by atoms with Gasteiger partial charge >= 0.3 is 0 Å². The number of ether oxygens (including phenoxy) is 2. The first-order valence-corrected chi connectivity index (χ1v) is 5.49. The zero-order valence-corrected chi connectivity index (χ0v) is 9.33. The molecule has 4 heteroatoms. The molecule has 0 amide bonds. The number of rotatable bonds is 3. The summed E-state index contributed by atoms with van der Waals surface area (Å²) in [5.41, 5.74) is 7.08. The number of fused-ring (bicyclic) bond motifs is 1. The topological polar surface area (TPSA) is 44.5 Å². The van der Waals surface area contributed by atoms with Crippen LogP contribution in [-0.4, -0.2) is 19.8 Å². The van der Waals surface area contributed by atoms with Crippen LogP contribution in [0.25, 0.3) is 0 Å². The molecule has 0 radical (unpaired) electrons. The number of benzene rings is 1. The Labute approximate surface area is 94.3 Å². The summed E-state index contributed by atoms with van der Waals surface area (Å²) in [6.45, 7) is 3.08. The number of hydrogen-bond donors (Lipinski definition) is 1. The van der Waals surface area contributed by atoms with Crippen molar-refractivity contribution in [3.05, 3.63) is 23.3 Å². The van der Waals surface area contributed by atoms with E-state index in [4.69, 9.17) is 15.2 Å². The first-order chi connectivity index (χ1) is 7.72. The van der Waals surface area contributed by atoms with E-state index in [9.17, 15) is 4.39 Å². The van der Waals surface area contributed by atoms with E-state index in [1.807, 2.05) is 6.07 Å². The summed E-state index contributed by atoms with van der Waals surface area (Å²) in [4.78, 5) is 0. The molecule has 1 unspecified atom stereocenters. The highest BCUT2D eigenvalue weighted by atomic mass is 19.1. The van der Waals surface area contributed by atoms with Gasteiger partial charge in [0.15, 0.2) is 11.5 Å². The Hall–Kier alpha value is -1.29. The van der Waals surface area contributed by atoms with Crippen LogP contribution < -0.4 is 15.2 Å². The highest BCUT2D eigenvalue weighted by Crippen LogP contribution is 2.37. The number of hydrogen-bond acceptors (Lipinski definition) is 3. The zero-order chi connectivity index (χ0) is 11.5. The standard InChI is InChI=1S/C12H16FNO2/c1-8(13)10-6-9(2-3-14)12-11(7-10)15-4-5-16-12/h6-8H,2-5,14H2,1H3. The summed E-state index contributed by atoms with van der Waals surface area (Å²) in [6.07, 6.45) is -0.334. The molecule has 0 saturated carbocycles. The van der Waals surface area contributed by atoms with Gasteiger partial charge in [-0.05, 0) is 43.1 Å². The number of alkyl halides is 1. The molecule has 0 aliphatic carbocycles. The molecule has 0 aromatic heterocycles. The SMILES string of the molecule is CC(F)c1cc(CCN)c2c(c1)OCCO2. The molecule has 2 rings (SSSR count). The van der Waals surface area contributed by atoms with Gasteiger partial charge in [0.25, 0.3) is 0 Å². The first-order valence-electron chi connectivity index (χ1n) is 5.49. The van der Waals surface area contributed by atoms with Crippen LogP contribution in [0.15, 0.2) is 12.1 Å². The van der Waals surface area contributed by atoms with Crippen LogP contribution in [0, 0.1) is 0 Å². The van der Waals surface area contributed by atoms with Crippen molar-refractivity contribution in [2.24, 2.45) is 5.73 Å². The largest absolute Gasteiger partial charge is 0.486 e. The molecular formula is C12H16FNO2. The van der Waals surface area contributed by atoms with Crippen molar-refractivity contribution in [1.82, 2.24) is 0 Å². The van der Waals surface area contributed by atoms with Crippen molar-refractivity contribution in [2.45, 2.75) is 19.5 Å². The Balaban J connectivity index is 2.43. The zero-order valence-electron chi connectivity index (χ0n) is 9.33. The summed E-state index contributed by atoms with van der Waals surface area (Å²) in [7, 11) is 0. The monoisotopic (exact) mass is 225 g/mol. The molecule has 2 N–H and O–H groups in total. The third kappa shape index (κ3) is 2.11. The van der Waals surface area contributed by atoms with Gasteiger partial charge in [-0.1, -0.05) is 0 Å². The van der Waals surface area contributed by atoms with E-state index in [0.29, 0.717) is 37.5 Å². The fourth-order valence-electron chi connectivity index (χ4n) is 1.82. The lowest BCUT2D eigenvalue weighted by Gasteiger charge is -2.22. The van der Waals surface area contributed by atoms with E-state index in [-0.39, 0.29) is 0 Å². The molecular weight excluding hydrogens is 209 g/mol. The lowest BCUT2D eigenvalue weighted by Crippen LogP contribution is -2.18. The van der Waals surface area contributed by atoms with E-state index in [2.05, 4.69) is 0 Å². The molecule has 0 saturated heterocycles. The van der Waals surface area contributed by atoms with Crippen molar-refractivity contribution in [3.63, 3.8) is 0 Å². The van der Waals surface area contributed by atoms with Crippen molar-refractivity contribution in [2.75, 3.05) is 19.8 Å². The van der Waals surface area contributed by atoms with E-state index in [0.717, 1.165) is 11.3 Å². The van der Waals surface area contributed by atoms with Gasteiger partial charge in [0.2, 0.25) is 0 Å². The Kier molecular flexibility index (Phi) is 3.29. The highest BCUT2D eigenvalue weighted by Gasteiger charge is 2.18. The van der Waals surface area contributed by atoms with Gasteiger partial charge in [-0.25, -0.2) is 4.39 Å². The number of halogens is 1. The van der Waals surface area contributed by atoms with Crippen LogP contribution in [-0.2, 0) is 6.42 Å². The quantitative estimate of drug-likeness (QED) is 0.855. The van der Waals surface area contributed by atoms with E-state index in [1.165, 1.54) is 6.92 Å². The van der Waals surface area contributed by atoms with Crippen LogP contribution in [0.2, 0.25) is 0 Å². The second-order valence-electron chi connectivity index (χ2n) is 3.86. The Bertz CT molecular complexity index is 380. The molecule has 1 aromatic carbocycles. The highest BCUT2D eigenvalue weighted by molar-refractivity contribution is 5.51. The minimum absolute atomic E-state index is 0.513. The predicted octanol–water partition coefficient (Wildman–Crippen LogP) is 1.99. The van der Waals surface area contributed by atoms with Crippen LogP contribution in [0.4, 0.5) is 4.39 Å². The summed E-state index contributed by atoms with van der Waals surface area (Å²) < 4.78 is 24.3. The average molecular weight is 225 g/mol. The molecule has 0 bridgehead atoms. The van der Waals surface area contributed by atoms with Crippen molar-refractivity contribution in [1.29, 1.82) is 0 Å². The van der Waals surface area contributed by atoms with Crippen LogP contribution in [0.3, 0.4) is 0 Å². The Morgan fingerprint density at radius 1 is 1.38 bits per heavy atom. The van der Waals surface area contributed by atoms with Gasteiger partial charge in [0, 0.05) is 0 Å². The maximum Gasteiger partial charge on any atom is 0.164 e. The predicted molar refractivity (Wildman–Crippen MR) is 59.7 cm³/mol. The second kappa shape index (κ2) is 4.70. The van der Waals surface area contributed by atoms with Gasteiger partial charge in [-0.3, -0.25) is 0 Å². The van der Waals surface area contributed by atoms with Gasteiger partial charge in [0.1, 0.15) is 19.4 Å². The summed E-state index contributed by atoms with van der Waals surface area (Å²) in [5, 5.41) is 0. The van der Waals surface area contributed by atoms with Crippen molar-refractivity contribution in [3.8, 4) is 11.5 Å². The minimum atomic E-state index is -1.01. The third-order valence-corrected chi connectivity index (χ3v) is 2.61. The fourth-order valence-corrected chi connectivity index (χ4v) is 1.82. The maximum absolute atomic E-state index is 13.3. The van der Waals surface area contributed by atoms with E-state index < -0.39 is 6.17 Å². The molecule has 1 aliphatic heterocycles. The third-order valence-electron chi connectivity index (χ3n) is 2.61.